The first kappa shape index (κ1) is 20.1. The fourth-order valence-corrected chi connectivity index (χ4v) is 3.53. The van der Waals surface area contributed by atoms with Crippen molar-refractivity contribution in [3.05, 3.63) is 66.0 Å². The molecular weight excluding hydrogens is 378 g/mol. The molecule has 3 N–H and O–H groups in total. The molecule has 1 aromatic heterocycles. The van der Waals surface area contributed by atoms with Crippen LogP contribution in [-0.2, 0) is 17.8 Å². The van der Waals surface area contributed by atoms with Gasteiger partial charge in [-0.25, -0.2) is 0 Å². The molecule has 156 valence electrons. The average molecular weight is 406 g/mol. The van der Waals surface area contributed by atoms with E-state index in [-0.39, 0.29) is 11.9 Å². The average Bonchev–Trinajstić information content (AvgIpc) is 3.29. The highest BCUT2D eigenvalue weighted by atomic mass is 16.5. The molecule has 30 heavy (non-hydrogen) atoms. The molecule has 1 unspecified atom stereocenters. The van der Waals surface area contributed by atoms with E-state index in [1.165, 1.54) is 11.1 Å². The smallest absolute Gasteiger partial charge is 0.241 e. The Labute approximate surface area is 176 Å². The number of hydrogen-bond donors (Lipinski definition) is 3. The van der Waals surface area contributed by atoms with Crippen LogP contribution < -0.4 is 15.4 Å². The largest absolute Gasteiger partial charge is 0.490 e. The van der Waals surface area contributed by atoms with Crippen LogP contribution in [-0.4, -0.2) is 54.3 Å². The highest BCUT2D eigenvalue weighted by molar-refractivity contribution is 5.96. The van der Waals surface area contributed by atoms with Gasteiger partial charge in [-0.2, -0.15) is 5.10 Å². The van der Waals surface area contributed by atoms with Gasteiger partial charge in [-0.15, -0.1) is 0 Å². The topological polar surface area (TPSA) is 82.3 Å². The summed E-state index contributed by atoms with van der Waals surface area (Å²) in [5.74, 6) is 0.595. The molecule has 4 rings (SSSR count). The molecule has 2 heterocycles. The molecule has 3 aromatic rings. The first-order valence-electron chi connectivity index (χ1n) is 10.1. The van der Waals surface area contributed by atoms with E-state index < -0.39 is 0 Å². The summed E-state index contributed by atoms with van der Waals surface area (Å²) in [7, 11) is 4.00. The number of aromatic nitrogens is 2. The Hall–Kier alpha value is -3.16. The van der Waals surface area contributed by atoms with E-state index in [1.54, 1.807) is 6.20 Å². The molecule has 2 aromatic carbocycles. The van der Waals surface area contributed by atoms with Gasteiger partial charge >= 0.3 is 0 Å². The molecule has 0 aliphatic carbocycles. The zero-order valence-corrected chi connectivity index (χ0v) is 17.3. The summed E-state index contributed by atoms with van der Waals surface area (Å²) in [6, 6.07) is 13.8. The monoisotopic (exact) mass is 405 g/mol. The summed E-state index contributed by atoms with van der Waals surface area (Å²) in [6.07, 6.45) is 4.27. The van der Waals surface area contributed by atoms with E-state index in [1.807, 2.05) is 50.6 Å². The molecule has 1 atom stereocenters. The zero-order valence-electron chi connectivity index (χ0n) is 17.3. The van der Waals surface area contributed by atoms with Gasteiger partial charge in [0.2, 0.25) is 5.91 Å². The molecule has 1 aliphatic rings. The Bertz CT molecular complexity index is 1000. The van der Waals surface area contributed by atoms with E-state index in [4.69, 9.17) is 4.74 Å². The minimum Gasteiger partial charge on any atom is -0.490 e. The van der Waals surface area contributed by atoms with Gasteiger partial charge in [0.05, 0.1) is 17.9 Å². The molecule has 0 bridgehead atoms. The Balaban J connectivity index is 1.51. The number of H-pyrrole nitrogens is 1. The van der Waals surface area contributed by atoms with Gasteiger partial charge in [0.1, 0.15) is 12.4 Å². The minimum absolute atomic E-state index is 0.0574. The zero-order chi connectivity index (χ0) is 20.9. The van der Waals surface area contributed by atoms with Gasteiger partial charge in [0.15, 0.2) is 0 Å². The van der Waals surface area contributed by atoms with Crippen LogP contribution in [0.5, 0.6) is 5.75 Å². The van der Waals surface area contributed by atoms with Crippen molar-refractivity contribution < 1.29 is 9.53 Å². The van der Waals surface area contributed by atoms with Crippen LogP contribution in [0.2, 0.25) is 0 Å². The summed E-state index contributed by atoms with van der Waals surface area (Å²) in [5, 5.41) is 13.2. The molecule has 0 saturated heterocycles. The van der Waals surface area contributed by atoms with Crippen LogP contribution in [0.25, 0.3) is 11.1 Å². The van der Waals surface area contributed by atoms with E-state index in [0.717, 1.165) is 17.7 Å². The third-order valence-corrected chi connectivity index (χ3v) is 5.26. The van der Waals surface area contributed by atoms with Gasteiger partial charge in [0.25, 0.3) is 0 Å². The SMILES string of the molecule is CN(C)CCOc1cc(-c2cn[nH]c2)ccc1NC(=O)C1Cc2ccccc2CN1. The van der Waals surface area contributed by atoms with Gasteiger partial charge in [-0.1, -0.05) is 30.3 Å². The molecular formula is C23H27N5O2. The number of likely N-dealkylation sites (N-methyl/N-ethyl adjacent to an activating group) is 1. The molecule has 0 spiro atoms. The number of nitrogens with zero attached hydrogens (tertiary/aromatic N) is 2. The second kappa shape index (κ2) is 9.11. The van der Waals surface area contributed by atoms with Crippen molar-refractivity contribution >= 4 is 11.6 Å². The second-order valence-electron chi connectivity index (χ2n) is 7.75. The maximum absolute atomic E-state index is 13.0. The van der Waals surface area contributed by atoms with Crippen LogP contribution in [0, 0.1) is 0 Å². The molecule has 1 amide bonds. The van der Waals surface area contributed by atoms with E-state index >= 15 is 0 Å². The Morgan fingerprint density at radius 3 is 2.80 bits per heavy atom. The number of aromatic amines is 1. The maximum atomic E-state index is 13.0. The summed E-state index contributed by atoms with van der Waals surface area (Å²) in [6.45, 7) is 2.00. The second-order valence-corrected chi connectivity index (χ2v) is 7.75. The van der Waals surface area contributed by atoms with Gasteiger partial charge in [0, 0.05) is 24.8 Å². The lowest BCUT2D eigenvalue weighted by Gasteiger charge is -2.25. The standard InChI is InChI=1S/C23H27N5O2/c1-28(2)9-10-30-22-12-17(19-14-25-26-15-19)7-8-20(22)27-23(29)21-11-16-5-3-4-6-18(16)13-24-21/h3-8,12,14-15,21,24H,9-11,13H2,1-2H3,(H,25,26)(H,27,29). The van der Waals surface area contributed by atoms with Crippen molar-refractivity contribution in [1.29, 1.82) is 0 Å². The molecule has 0 fully saturated rings. The van der Waals surface area contributed by atoms with Crippen LogP contribution in [0.4, 0.5) is 5.69 Å². The lowest BCUT2D eigenvalue weighted by Crippen LogP contribution is -2.44. The molecule has 7 heteroatoms. The Morgan fingerprint density at radius 1 is 1.20 bits per heavy atom. The molecule has 7 nitrogen and oxygen atoms in total. The number of hydrogen-bond acceptors (Lipinski definition) is 5. The predicted molar refractivity (Wildman–Crippen MR) is 117 cm³/mol. The van der Waals surface area contributed by atoms with E-state index in [0.29, 0.717) is 31.0 Å². The number of rotatable bonds is 7. The number of carbonyl (C=O) groups excluding carboxylic acids is 1. The fourth-order valence-electron chi connectivity index (χ4n) is 3.53. The quantitative estimate of drug-likeness (QED) is 0.563. The number of amides is 1. The van der Waals surface area contributed by atoms with Gasteiger partial charge in [-0.05, 0) is 49.3 Å². The molecule has 1 aliphatic heterocycles. The van der Waals surface area contributed by atoms with Crippen molar-refractivity contribution in [2.24, 2.45) is 0 Å². The first-order valence-corrected chi connectivity index (χ1v) is 10.1. The maximum Gasteiger partial charge on any atom is 0.241 e. The Kier molecular flexibility index (Phi) is 6.11. The lowest BCUT2D eigenvalue weighted by atomic mass is 9.95. The third-order valence-electron chi connectivity index (χ3n) is 5.26. The Morgan fingerprint density at radius 2 is 2.03 bits per heavy atom. The van der Waals surface area contributed by atoms with Crippen LogP contribution in [0.1, 0.15) is 11.1 Å². The highest BCUT2D eigenvalue weighted by Crippen LogP contribution is 2.31. The fraction of sp³-hybridized carbons (Fsp3) is 0.304. The number of fused-ring (bicyclic) bond motifs is 1. The number of carbonyl (C=O) groups is 1. The first-order chi connectivity index (χ1) is 14.6. The normalized spacial score (nSPS) is 15.6. The molecule has 0 radical (unpaired) electrons. The van der Waals surface area contributed by atoms with E-state index in [2.05, 4.69) is 37.9 Å². The van der Waals surface area contributed by atoms with Crippen molar-refractivity contribution in [1.82, 2.24) is 20.4 Å². The van der Waals surface area contributed by atoms with Crippen molar-refractivity contribution in [2.45, 2.75) is 19.0 Å². The predicted octanol–water partition coefficient (Wildman–Crippen LogP) is 2.67. The summed E-state index contributed by atoms with van der Waals surface area (Å²) in [5.41, 5.74) is 5.08. The summed E-state index contributed by atoms with van der Waals surface area (Å²) < 4.78 is 6.02. The van der Waals surface area contributed by atoms with Gasteiger partial charge < -0.3 is 20.3 Å². The van der Waals surface area contributed by atoms with Crippen molar-refractivity contribution in [3.63, 3.8) is 0 Å². The highest BCUT2D eigenvalue weighted by Gasteiger charge is 2.24. The van der Waals surface area contributed by atoms with Crippen LogP contribution in [0.3, 0.4) is 0 Å². The van der Waals surface area contributed by atoms with Crippen LogP contribution in [0.15, 0.2) is 54.9 Å². The van der Waals surface area contributed by atoms with Crippen molar-refractivity contribution in [3.8, 4) is 16.9 Å². The van der Waals surface area contributed by atoms with Crippen LogP contribution >= 0.6 is 0 Å². The third kappa shape index (κ3) is 4.69. The summed E-state index contributed by atoms with van der Waals surface area (Å²) >= 11 is 0. The minimum atomic E-state index is -0.275. The summed E-state index contributed by atoms with van der Waals surface area (Å²) in [4.78, 5) is 15.0. The van der Waals surface area contributed by atoms with Crippen molar-refractivity contribution in [2.75, 3.05) is 32.6 Å². The molecule has 0 saturated carbocycles. The lowest BCUT2D eigenvalue weighted by molar-refractivity contribution is -0.118. The number of benzene rings is 2. The van der Waals surface area contributed by atoms with Gasteiger partial charge in [-0.3, -0.25) is 9.89 Å². The number of ether oxygens (including phenoxy) is 1. The number of anilines is 1. The number of nitrogens with one attached hydrogen (secondary N) is 3. The van der Waals surface area contributed by atoms with E-state index in [9.17, 15) is 4.79 Å².